The lowest BCUT2D eigenvalue weighted by Gasteiger charge is -2.35. The Balaban J connectivity index is 2.71. The van der Waals surface area contributed by atoms with E-state index in [9.17, 15) is 14.9 Å². The van der Waals surface area contributed by atoms with Crippen LogP contribution in [0.5, 0.6) is 11.5 Å². The van der Waals surface area contributed by atoms with Crippen LogP contribution in [0.1, 0.15) is 38.9 Å². The van der Waals surface area contributed by atoms with Crippen molar-refractivity contribution in [1.82, 2.24) is 9.88 Å². The van der Waals surface area contributed by atoms with Gasteiger partial charge in [0.05, 0.1) is 30.8 Å². The maximum atomic E-state index is 12.2. The third kappa shape index (κ3) is 6.87. The van der Waals surface area contributed by atoms with Crippen LogP contribution < -0.4 is 14.8 Å². The van der Waals surface area contributed by atoms with Gasteiger partial charge in [-0.25, -0.2) is 4.79 Å². The summed E-state index contributed by atoms with van der Waals surface area (Å²) in [5, 5.41) is 14.2. The molecule has 30 heavy (non-hydrogen) atoms. The van der Waals surface area contributed by atoms with Crippen LogP contribution in [-0.2, 0) is 4.74 Å². The van der Waals surface area contributed by atoms with Crippen LogP contribution in [0.15, 0.2) is 12.1 Å². The zero-order valence-electron chi connectivity index (χ0n) is 19.1. The van der Waals surface area contributed by atoms with Gasteiger partial charge in [0.1, 0.15) is 14.3 Å². The molecule has 0 aliphatic carbocycles. The number of hydrogen-bond acceptors (Lipinski definition) is 7. The van der Waals surface area contributed by atoms with E-state index >= 15 is 0 Å². The first-order valence-electron chi connectivity index (χ1n) is 10.2. The van der Waals surface area contributed by atoms with Gasteiger partial charge in [0, 0.05) is 6.54 Å². The fraction of sp³-hybridized carbons (Fsp3) is 0.650. The summed E-state index contributed by atoms with van der Waals surface area (Å²) in [6.45, 7) is 13.2. The molecule has 1 N–H and O–H groups in total. The smallest absolute Gasteiger partial charge is 0.407 e. The average molecular weight is 442 g/mol. The highest BCUT2D eigenvalue weighted by Crippen LogP contribution is 2.38. The minimum atomic E-state index is -1.49. The van der Waals surface area contributed by atoms with Crippen LogP contribution >= 0.6 is 0 Å². The number of hydrogen-bond donors (Lipinski definition) is 1. The minimum Gasteiger partial charge on any atom is -0.493 e. The molecule has 0 radical (unpaired) electrons. The number of carbonyl (C=O) groups is 1. The van der Waals surface area contributed by atoms with Crippen LogP contribution in [0.4, 0.5) is 10.5 Å². The highest BCUT2D eigenvalue weighted by molar-refractivity contribution is 6.74. The standard InChI is InChI=1S/C20H35N3O6Si/c1-8-22(9-2)30(6,7)12-10-11-21-20(24)29-15(3)16-13-18(27-4)19(28-5)14-17(16)23(25)26/h13-15H,8-12H2,1-7H3,(H,21,24). The highest BCUT2D eigenvalue weighted by atomic mass is 28.3. The van der Waals surface area contributed by atoms with Gasteiger partial charge in [-0.1, -0.05) is 26.9 Å². The van der Waals surface area contributed by atoms with Gasteiger partial charge in [0.2, 0.25) is 0 Å². The number of benzene rings is 1. The summed E-state index contributed by atoms with van der Waals surface area (Å²) >= 11 is 0. The number of amides is 1. The van der Waals surface area contributed by atoms with E-state index in [4.69, 9.17) is 14.2 Å². The summed E-state index contributed by atoms with van der Waals surface area (Å²) in [6, 6.07) is 3.80. The zero-order chi connectivity index (χ0) is 22.9. The van der Waals surface area contributed by atoms with Crippen LogP contribution in [-0.4, -0.2) is 57.7 Å². The molecule has 1 amide bonds. The summed E-state index contributed by atoms with van der Waals surface area (Å²) in [7, 11) is 1.35. The quantitative estimate of drug-likeness (QED) is 0.223. The highest BCUT2D eigenvalue weighted by Gasteiger charge is 2.27. The SMILES string of the molecule is CCN(CC)[Si](C)(C)CCCNC(=O)OC(C)c1cc(OC)c(OC)cc1[N+](=O)[O-]. The molecule has 0 fully saturated rings. The van der Waals surface area contributed by atoms with Gasteiger partial charge >= 0.3 is 6.09 Å². The maximum absolute atomic E-state index is 12.2. The van der Waals surface area contributed by atoms with Crippen LogP contribution in [0, 0.1) is 10.1 Å². The van der Waals surface area contributed by atoms with Crippen LogP contribution in [0.25, 0.3) is 0 Å². The van der Waals surface area contributed by atoms with Crippen molar-refractivity contribution in [2.24, 2.45) is 0 Å². The molecule has 0 bridgehead atoms. The van der Waals surface area contributed by atoms with E-state index in [-0.39, 0.29) is 17.0 Å². The topological polar surface area (TPSA) is 103 Å². The number of nitro benzene ring substituents is 1. The molecule has 1 aromatic rings. The van der Waals surface area contributed by atoms with Gasteiger partial charge in [-0.3, -0.25) is 10.1 Å². The Hall–Kier alpha value is -2.33. The average Bonchev–Trinajstić information content (AvgIpc) is 2.70. The first-order valence-corrected chi connectivity index (χ1v) is 13.4. The van der Waals surface area contributed by atoms with Crippen molar-refractivity contribution in [1.29, 1.82) is 0 Å². The Morgan fingerprint density at radius 1 is 1.20 bits per heavy atom. The first-order chi connectivity index (χ1) is 14.1. The maximum Gasteiger partial charge on any atom is 0.407 e. The molecule has 1 aromatic carbocycles. The molecular weight excluding hydrogens is 406 g/mol. The molecular formula is C20H35N3O6Si. The van der Waals surface area contributed by atoms with Crippen molar-refractivity contribution in [2.75, 3.05) is 33.9 Å². The van der Waals surface area contributed by atoms with Crippen molar-refractivity contribution < 1.29 is 23.9 Å². The largest absolute Gasteiger partial charge is 0.493 e. The Bertz CT molecular complexity index is 725. The van der Waals surface area contributed by atoms with E-state index in [0.717, 1.165) is 25.6 Å². The van der Waals surface area contributed by atoms with Gasteiger partial charge in [-0.2, -0.15) is 0 Å². The molecule has 0 aliphatic heterocycles. The molecule has 0 aromatic heterocycles. The Kier molecular flexibility index (Phi) is 10.1. The number of nitrogens with one attached hydrogen (secondary N) is 1. The Morgan fingerprint density at radius 2 is 1.77 bits per heavy atom. The zero-order valence-corrected chi connectivity index (χ0v) is 20.1. The summed E-state index contributed by atoms with van der Waals surface area (Å²) in [4.78, 5) is 23.1. The number of nitrogens with zero attached hydrogens (tertiary/aromatic N) is 2. The second kappa shape index (κ2) is 11.8. The Morgan fingerprint density at radius 3 is 2.27 bits per heavy atom. The normalized spacial score (nSPS) is 12.4. The Labute approximate surface area is 179 Å². The van der Waals surface area contributed by atoms with Gasteiger partial charge in [-0.05, 0) is 38.5 Å². The molecule has 0 heterocycles. The van der Waals surface area contributed by atoms with E-state index in [1.165, 1.54) is 26.4 Å². The fourth-order valence-electron chi connectivity index (χ4n) is 3.58. The third-order valence-electron chi connectivity index (χ3n) is 5.31. The minimum absolute atomic E-state index is 0.195. The second-order valence-corrected chi connectivity index (χ2v) is 12.3. The fourth-order valence-corrected chi connectivity index (χ4v) is 6.65. The van der Waals surface area contributed by atoms with Crippen molar-refractivity contribution >= 4 is 20.0 Å². The van der Waals surface area contributed by atoms with Crippen molar-refractivity contribution in [2.45, 2.75) is 52.4 Å². The van der Waals surface area contributed by atoms with Gasteiger partial charge in [0.25, 0.3) is 5.69 Å². The predicted molar refractivity (Wildman–Crippen MR) is 119 cm³/mol. The number of methoxy groups -OCH3 is 2. The lowest BCUT2D eigenvalue weighted by atomic mass is 10.1. The first kappa shape index (κ1) is 25.7. The predicted octanol–water partition coefficient (Wildman–Crippen LogP) is 4.34. The third-order valence-corrected chi connectivity index (χ3v) is 9.23. The number of nitro groups is 1. The van der Waals surface area contributed by atoms with Gasteiger partial charge in [-0.15, -0.1) is 0 Å². The molecule has 0 aliphatic rings. The molecule has 0 spiro atoms. The summed E-state index contributed by atoms with van der Waals surface area (Å²) in [5.74, 6) is 0.571. The molecule has 0 saturated heterocycles. The molecule has 1 rings (SSSR count). The molecule has 1 unspecified atom stereocenters. The van der Waals surface area contributed by atoms with Crippen molar-refractivity contribution in [3.8, 4) is 11.5 Å². The van der Waals surface area contributed by atoms with Gasteiger partial charge in [0.15, 0.2) is 11.5 Å². The summed E-state index contributed by atoms with van der Waals surface area (Å²) in [5.41, 5.74) is 0.0443. The molecule has 9 nitrogen and oxygen atoms in total. The lowest BCUT2D eigenvalue weighted by Crippen LogP contribution is -2.48. The second-order valence-electron chi connectivity index (χ2n) is 7.59. The van der Waals surface area contributed by atoms with E-state index in [0.29, 0.717) is 12.3 Å². The van der Waals surface area contributed by atoms with Crippen molar-refractivity contribution in [3.05, 3.63) is 27.8 Å². The molecule has 0 saturated carbocycles. The number of alkyl carbamates (subject to hydrolysis) is 1. The summed E-state index contributed by atoms with van der Waals surface area (Å²) < 4.78 is 18.2. The molecule has 170 valence electrons. The number of ether oxygens (including phenoxy) is 3. The monoisotopic (exact) mass is 441 g/mol. The number of rotatable bonds is 12. The van der Waals surface area contributed by atoms with Gasteiger partial charge < -0.3 is 24.1 Å². The molecule has 10 heteroatoms. The van der Waals surface area contributed by atoms with E-state index in [1.54, 1.807) is 6.92 Å². The van der Waals surface area contributed by atoms with Crippen LogP contribution in [0.3, 0.4) is 0 Å². The van der Waals surface area contributed by atoms with Crippen molar-refractivity contribution in [3.63, 3.8) is 0 Å². The number of carbonyl (C=O) groups excluding carboxylic acids is 1. The van der Waals surface area contributed by atoms with E-state index in [1.807, 2.05) is 0 Å². The van der Waals surface area contributed by atoms with E-state index in [2.05, 4.69) is 36.8 Å². The lowest BCUT2D eigenvalue weighted by molar-refractivity contribution is -0.386. The van der Waals surface area contributed by atoms with E-state index < -0.39 is 25.4 Å². The van der Waals surface area contributed by atoms with Crippen LogP contribution in [0.2, 0.25) is 19.1 Å². The molecule has 1 atom stereocenters. The summed E-state index contributed by atoms with van der Waals surface area (Å²) in [6.07, 6.45) is -0.573.